The second-order valence-electron chi connectivity index (χ2n) is 4.27. The minimum Gasteiger partial charge on any atom is -0.319 e. The van der Waals surface area contributed by atoms with Crippen molar-refractivity contribution in [2.45, 2.75) is 0 Å². The van der Waals surface area contributed by atoms with Crippen LogP contribution in [0.25, 0.3) is 0 Å². The summed E-state index contributed by atoms with van der Waals surface area (Å²) < 4.78 is 0. The van der Waals surface area contributed by atoms with Crippen LogP contribution in [-0.2, 0) is 0 Å². The molecular formula is C14H12ClN3OS2. The number of nitrogens with one attached hydrogen (secondary N) is 1. The number of amides is 1. The highest BCUT2D eigenvalue weighted by molar-refractivity contribution is 8.14. The monoisotopic (exact) mass is 337 g/mol. The fourth-order valence-corrected chi connectivity index (χ4v) is 3.90. The van der Waals surface area contributed by atoms with Gasteiger partial charge in [-0.05, 0) is 23.6 Å². The summed E-state index contributed by atoms with van der Waals surface area (Å²) in [5, 5.41) is 7.26. The average Bonchev–Trinajstić information content (AvgIpc) is 3.14. The van der Waals surface area contributed by atoms with Crippen LogP contribution in [-0.4, -0.2) is 23.4 Å². The van der Waals surface area contributed by atoms with Crippen LogP contribution in [0, 0.1) is 0 Å². The number of amidine groups is 1. The molecule has 21 heavy (non-hydrogen) atoms. The summed E-state index contributed by atoms with van der Waals surface area (Å²) in [5.74, 6) is 0.673. The first kappa shape index (κ1) is 14.4. The van der Waals surface area contributed by atoms with E-state index in [0.29, 0.717) is 9.90 Å². The summed E-state index contributed by atoms with van der Waals surface area (Å²) in [5.41, 5.74) is 3.65. The standard InChI is InChI=1S/C14H12ClN3OS2/c15-11-6-8-20-12(11)13(19)16-17-14-18(7-9-21-14)10-4-2-1-3-5-10/h1-6,8H,7,9H2,(H,16,19). The molecule has 1 aliphatic heterocycles. The number of hydrazone groups is 1. The Bertz CT molecular complexity index is 672. The number of halogens is 1. The molecule has 2 heterocycles. The molecule has 7 heteroatoms. The molecule has 0 atom stereocenters. The predicted molar refractivity (Wildman–Crippen MR) is 90.5 cm³/mol. The van der Waals surface area contributed by atoms with Crippen molar-refractivity contribution in [2.75, 3.05) is 17.2 Å². The van der Waals surface area contributed by atoms with Crippen molar-refractivity contribution >= 4 is 51.5 Å². The molecule has 1 aromatic heterocycles. The third kappa shape index (κ3) is 3.23. The molecule has 3 rings (SSSR count). The van der Waals surface area contributed by atoms with E-state index in [1.54, 1.807) is 23.2 Å². The van der Waals surface area contributed by atoms with E-state index in [4.69, 9.17) is 11.6 Å². The molecular weight excluding hydrogens is 326 g/mol. The van der Waals surface area contributed by atoms with Crippen LogP contribution in [0.3, 0.4) is 0 Å². The van der Waals surface area contributed by atoms with Gasteiger partial charge in [0.05, 0.1) is 5.02 Å². The molecule has 1 aromatic carbocycles. The zero-order chi connectivity index (χ0) is 14.7. The Hall–Kier alpha value is -1.50. The van der Waals surface area contributed by atoms with Crippen molar-refractivity contribution < 1.29 is 4.79 Å². The van der Waals surface area contributed by atoms with Gasteiger partial charge in [-0.2, -0.15) is 0 Å². The summed E-state index contributed by atoms with van der Waals surface area (Å²) in [4.78, 5) is 14.6. The number of rotatable bonds is 3. The molecule has 2 aromatic rings. The van der Waals surface area contributed by atoms with Crippen LogP contribution in [0.2, 0.25) is 5.02 Å². The van der Waals surface area contributed by atoms with Crippen molar-refractivity contribution in [3.8, 4) is 0 Å². The van der Waals surface area contributed by atoms with Gasteiger partial charge in [-0.15, -0.1) is 16.4 Å². The van der Waals surface area contributed by atoms with Gasteiger partial charge in [-0.3, -0.25) is 4.79 Å². The topological polar surface area (TPSA) is 44.7 Å². The number of anilines is 1. The van der Waals surface area contributed by atoms with Crippen molar-refractivity contribution in [3.05, 3.63) is 51.7 Å². The van der Waals surface area contributed by atoms with Crippen LogP contribution in [0.1, 0.15) is 9.67 Å². The van der Waals surface area contributed by atoms with Gasteiger partial charge >= 0.3 is 0 Å². The molecule has 1 aliphatic rings. The number of hydrogen-bond donors (Lipinski definition) is 1. The summed E-state index contributed by atoms with van der Waals surface area (Å²) in [6.45, 7) is 0.878. The molecule has 1 fully saturated rings. The second-order valence-corrected chi connectivity index (χ2v) is 6.65. The largest absolute Gasteiger partial charge is 0.319 e. The first-order chi connectivity index (χ1) is 10.3. The summed E-state index contributed by atoms with van der Waals surface area (Å²) in [7, 11) is 0. The minimum atomic E-state index is -0.275. The van der Waals surface area contributed by atoms with E-state index in [1.807, 2.05) is 30.3 Å². The Balaban J connectivity index is 1.74. The van der Waals surface area contributed by atoms with Gasteiger partial charge in [0, 0.05) is 18.0 Å². The Kier molecular flexibility index (Phi) is 4.48. The van der Waals surface area contributed by atoms with Gasteiger partial charge in [0.15, 0.2) is 5.17 Å². The third-order valence-electron chi connectivity index (χ3n) is 2.92. The molecule has 1 saturated heterocycles. The number of para-hydroxylation sites is 1. The van der Waals surface area contributed by atoms with Gasteiger partial charge in [0.25, 0.3) is 5.91 Å². The van der Waals surface area contributed by atoms with Gasteiger partial charge in [-0.1, -0.05) is 41.6 Å². The lowest BCUT2D eigenvalue weighted by Gasteiger charge is -2.17. The molecule has 0 saturated carbocycles. The zero-order valence-corrected chi connectivity index (χ0v) is 13.3. The van der Waals surface area contributed by atoms with Crippen molar-refractivity contribution in [2.24, 2.45) is 5.10 Å². The molecule has 4 nitrogen and oxygen atoms in total. The smallest absolute Gasteiger partial charge is 0.283 e. The maximum Gasteiger partial charge on any atom is 0.283 e. The van der Waals surface area contributed by atoms with Crippen molar-refractivity contribution in [1.29, 1.82) is 0 Å². The molecule has 0 aliphatic carbocycles. The van der Waals surface area contributed by atoms with Gasteiger partial charge in [0.1, 0.15) is 4.88 Å². The lowest BCUT2D eigenvalue weighted by molar-refractivity contribution is 0.0959. The highest BCUT2D eigenvalue weighted by Gasteiger charge is 2.21. The number of benzene rings is 1. The zero-order valence-electron chi connectivity index (χ0n) is 11.0. The Morgan fingerprint density at radius 3 is 2.81 bits per heavy atom. The average molecular weight is 338 g/mol. The number of nitrogens with zero attached hydrogens (tertiary/aromatic N) is 2. The highest BCUT2D eigenvalue weighted by Crippen LogP contribution is 2.25. The quantitative estimate of drug-likeness (QED) is 0.869. The Labute approximate surface area is 135 Å². The van der Waals surface area contributed by atoms with Gasteiger partial charge in [0.2, 0.25) is 0 Å². The highest BCUT2D eigenvalue weighted by atomic mass is 35.5. The van der Waals surface area contributed by atoms with E-state index >= 15 is 0 Å². The fourth-order valence-electron chi connectivity index (χ4n) is 1.95. The van der Waals surface area contributed by atoms with Gasteiger partial charge in [-0.25, -0.2) is 5.43 Å². The molecule has 1 N–H and O–H groups in total. The summed E-state index contributed by atoms with van der Waals surface area (Å²) in [6.07, 6.45) is 0. The van der Waals surface area contributed by atoms with E-state index in [1.165, 1.54) is 11.3 Å². The minimum absolute atomic E-state index is 0.275. The van der Waals surface area contributed by atoms with E-state index in [2.05, 4.69) is 15.4 Å². The maximum absolute atomic E-state index is 12.0. The van der Waals surface area contributed by atoms with Crippen LogP contribution >= 0.6 is 34.7 Å². The van der Waals surface area contributed by atoms with Crippen molar-refractivity contribution in [1.82, 2.24) is 5.43 Å². The van der Waals surface area contributed by atoms with Crippen molar-refractivity contribution in [3.63, 3.8) is 0 Å². The van der Waals surface area contributed by atoms with Crippen LogP contribution in [0.4, 0.5) is 5.69 Å². The SMILES string of the molecule is O=C(NN=C1SCCN1c1ccccc1)c1sccc1Cl. The number of hydrogen-bond acceptors (Lipinski definition) is 4. The number of thioether (sulfide) groups is 1. The lowest BCUT2D eigenvalue weighted by Crippen LogP contribution is -2.27. The molecule has 1 amide bonds. The van der Waals surface area contributed by atoms with Crippen LogP contribution in [0.15, 0.2) is 46.9 Å². The Morgan fingerprint density at radius 1 is 1.29 bits per heavy atom. The maximum atomic E-state index is 12.0. The van der Waals surface area contributed by atoms with Crippen LogP contribution < -0.4 is 10.3 Å². The summed E-state index contributed by atoms with van der Waals surface area (Å²) in [6, 6.07) is 11.7. The second kappa shape index (κ2) is 6.51. The normalized spacial score (nSPS) is 16.4. The van der Waals surface area contributed by atoms with E-state index < -0.39 is 0 Å². The van der Waals surface area contributed by atoms with E-state index in [-0.39, 0.29) is 5.91 Å². The lowest BCUT2D eigenvalue weighted by atomic mass is 10.3. The first-order valence-corrected chi connectivity index (χ1v) is 8.56. The molecule has 0 bridgehead atoms. The molecule has 0 spiro atoms. The predicted octanol–water partition coefficient (Wildman–Crippen LogP) is 3.66. The molecule has 0 unspecified atom stereocenters. The van der Waals surface area contributed by atoms with Crippen LogP contribution in [0.5, 0.6) is 0 Å². The Morgan fingerprint density at radius 2 is 2.10 bits per heavy atom. The summed E-state index contributed by atoms with van der Waals surface area (Å²) >= 11 is 8.86. The van der Waals surface area contributed by atoms with Gasteiger partial charge < -0.3 is 4.90 Å². The van der Waals surface area contributed by atoms with E-state index in [0.717, 1.165) is 23.2 Å². The third-order valence-corrected chi connectivity index (χ3v) is 5.22. The first-order valence-electron chi connectivity index (χ1n) is 6.32. The number of thiophene rings is 1. The number of carbonyl (C=O) groups is 1. The fraction of sp³-hybridized carbons (Fsp3) is 0.143. The number of carbonyl (C=O) groups excluding carboxylic acids is 1. The molecule has 0 radical (unpaired) electrons. The van der Waals surface area contributed by atoms with E-state index in [9.17, 15) is 4.79 Å². The molecule has 108 valence electrons.